The van der Waals surface area contributed by atoms with Gasteiger partial charge in [-0.15, -0.1) is 24.0 Å². The number of guanidine groups is 1. The second-order valence-electron chi connectivity index (χ2n) is 7.10. The summed E-state index contributed by atoms with van der Waals surface area (Å²) in [6, 6.07) is 1.36. The number of halogens is 1. The fourth-order valence-corrected chi connectivity index (χ4v) is 3.92. The molecule has 1 unspecified atom stereocenters. The highest BCUT2D eigenvalue weighted by molar-refractivity contribution is 14.0. The van der Waals surface area contributed by atoms with Gasteiger partial charge in [-0.1, -0.05) is 12.8 Å². The highest BCUT2D eigenvalue weighted by Crippen LogP contribution is 2.26. The van der Waals surface area contributed by atoms with Crippen LogP contribution in [0.1, 0.15) is 44.6 Å². The van der Waals surface area contributed by atoms with Crippen LogP contribution in [0.4, 0.5) is 0 Å². The third-order valence-electron chi connectivity index (χ3n) is 5.17. The number of aryl methyl sites for hydroxylation is 1. The summed E-state index contributed by atoms with van der Waals surface area (Å²) < 4.78 is 1.85. The van der Waals surface area contributed by atoms with E-state index in [0.717, 1.165) is 38.1 Å². The standard InChI is InChI=1S/C18H32N6.HI/c1-3-19-18(20-10-8-15-12-21-23(2)13-15)22-16-9-11-24(14-16)17-6-4-5-7-17;/h12-13,16-17H,3-11,14H2,1-2H3,(H2,19,20,22);1H. The van der Waals surface area contributed by atoms with Crippen molar-refractivity contribution in [3.63, 3.8) is 0 Å². The first-order chi connectivity index (χ1) is 11.7. The van der Waals surface area contributed by atoms with E-state index in [-0.39, 0.29) is 24.0 Å². The van der Waals surface area contributed by atoms with Crippen LogP contribution in [0.25, 0.3) is 0 Å². The van der Waals surface area contributed by atoms with Gasteiger partial charge in [0.15, 0.2) is 5.96 Å². The molecule has 1 aliphatic heterocycles. The summed E-state index contributed by atoms with van der Waals surface area (Å²) in [7, 11) is 1.95. The van der Waals surface area contributed by atoms with Crippen LogP contribution in [0.3, 0.4) is 0 Å². The monoisotopic (exact) mass is 460 g/mol. The van der Waals surface area contributed by atoms with Crippen molar-refractivity contribution in [2.45, 2.75) is 57.5 Å². The van der Waals surface area contributed by atoms with Gasteiger partial charge in [-0.3, -0.25) is 14.6 Å². The Morgan fingerprint density at radius 3 is 2.80 bits per heavy atom. The first-order valence-electron chi connectivity index (χ1n) is 9.51. The molecule has 0 amide bonds. The third kappa shape index (κ3) is 6.13. The van der Waals surface area contributed by atoms with Crippen molar-refractivity contribution in [3.8, 4) is 0 Å². The summed E-state index contributed by atoms with van der Waals surface area (Å²) >= 11 is 0. The van der Waals surface area contributed by atoms with Crippen molar-refractivity contribution in [3.05, 3.63) is 18.0 Å². The Morgan fingerprint density at radius 1 is 1.32 bits per heavy atom. The van der Waals surface area contributed by atoms with E-state index in [1.54, 1.807) is 0 Å². The summed E-state index contributed by atoms with van der Waals surface area (Å²) in [5, 5.41) is 11.2. The minimum atomic E-state index is 0. The average Bonchev–Trinajstić information content (AvgIpc) is 3.29. The first-order valence-corrected chi connectivity index (χ1v) is 9.51. The minimum Gasteiger partial charge on any atom is -0.357 e. The molecule has 0 bridgehead atoms. The van der Waals surface area contributed by atoms with Gasteiger partial charge in [-0.05, 0) is 38.2 Å². The van der Waals surface area contributed by atoms with Crippen LogP contribution in [0.2, 0.25) is 0 Å². The zero-order chi connectivity index (χ0) is 16.8. The van der Waals surface area contributed by atoms with E-state index >= 15 is 0 Å². The topological polar surface area (TPSA) is 57.5 Å². The fraction of sp³-hybridized carbons (Fsp3) is 0.778. The van der Waals surface area contributed by atoms with Gasteiger partial charge in [0.05, 0.1) is 6.20 Å². The van der Waals surface area contributed by atoms with Crippen molar-refractivity contribution >= 4 is 29.9 Å². The average molecular weight is 460 g/mol. The van der Waals surface area contributed by atoms with Crippen LogP contribution in [-0.2, 0) is 13.5 Å². The maximum Gasteiger partial charge on any atom is 0.191 e. The zero-order valence-corrected chi connectivity index (χ0v) is 17.9. The Morgan fingerprint density at radius 2 is 2.12 bits per heavy atom. The van der Waals surface area contributed by atoms with Gasteiger partial charge in [-0.2, -0.15) is 5.10 Å². The van der Waals surface area contributed by atoms with Gasteiger partial charge in [0.25, 0.3) is 0 Å². The maximum atomic E-state index is 4.74. The summed E-state index contributed by atoms with van der Waals surface area (Å²) in [6.45, 7) is 6.21. The van der Waals surface area contributed by atoms with Gasteiger partial charge < -0.3 is 10.6 Å². The maximum absolute atomic E-state index is 4.74. The summed E-state index contributed by atoms with van der Waals surface area (Å²) in [6.07, 6.45) is 11.8. The molecule has 1 saturated carbocycles. The largest absolute Gasteiger partial charge is 0.357 e. The molecule has 1 aromatic rings. The van der Waals surface area contributed by atoms with Crippen molar-refractivity contribution in [1.29, 1.82) is 0 Å². The molecule has 2 aliphatic rings. The lowest BCUT2D eigenvalue weighted by molar-refractivity contribution is 0.242. The number of rotatable bonds is 6. The van der Waals surface area contributed by atoms with E-state index in [2.05, 4.69) is 33.8 Å². The molecule has 1 aromatic heterocycles. The molecule has 25 heavy (non-hydrogen) atoms. The second kappa shape index (κ2) is 10.4. The summed E-state index contributed by atoms with van der Waals surface area (Å²) in [5.41, 5.74) is 1.24. The Hall–Kier alpha value is -0.830. The van der Waals surface area contributed by atoms with E-state index in [4.69, 9.17) is 4.99 Å². The summed E-state index contributed by atoms with van der Waals surface area (Å²) in [4.78, 5) is 7.43. The molecule has 0 radical (unpaired) electrons. The Kier molecular flexibility index (Phi) is 8.48. The predicted octanol–water partition coefficient (Wildman–Crippen LogP) is 2.15. The lowest BCUT2D eigenvalue weighted by Gasteiger charge is -2.24. The van der Waals surface area contributed by atoms with Crippen LogP contribution in [-0.4, -0.2) is 58.9 Å². The highest BCUT2D eigenvalue weighted by Gasteiger charge is 2.30. The number of hydrogen-bond acceptors (Lipinski definition) is 3. The van der Waals surface area contributed by atoms with E-state index in [0.29, 0.717) is 6.04 Å². The van der Waals surface area contributed by atoms with E-state index < -0.39 is 0 Å². The normalized spacial score (nSPS) is 22.2. The quantitative estimate of drug-likeness (QED) is 0.388. The van der Waals surface area contributed by atoms with Crippen molar-refractivity contribution in [2.75, 3.05) is 26.2 Å². The third-order valence-corrected chi connectivity index (χ3v) is 5.17. The van der Waals surface area contributed by atoms with Crippen LogP contribution in [0.15, 0.2) is 17.4 Å². The Labute approximate surface area is 168 Å². The Bertz CT molecular complexity index is 537. The van der Waals surface area contributed by atoms with E-state index in [1.165, 1.54) is 44.2 Å². The van der Waals surface area contributed by atoms with Crippen molar-refractivity contribution in [2.24, 2.45) is 12.0 Å². The molecule has 0 aromatic carbocycles. The molecule has 3 rings (SSSR count). The molecule has 7 heteroatoms. The molecule has 2 heterocycles. The molecule has 142 valence electrons. The predicted molar refractivity (Wildman–Crippen MR) is 114 cm³/mol. The van der Waals surface area contributed by atoms with Gasteiger partial charge in [0.2, 0.25) is 0 Å². The molecule has 1 saturated heterocycles. The number of aromatic nitrogens is 2. The SMILES string of the molecule is CCNC(=NCCc1cnn(C)c1)NC1CCN(C2CCCC2)C1.I. The van der Waals surface area contributed by atoms with Crippen LogP contribution >= 0.6 is 24.0 Å². The van der Waals surface area contributed by atoms with E-state index in [9.17, 15) is 0 Å². The number of aliphatic imine (C=N–C) groups is 1. The molecular weight excluding hydrogens is 427 g/mol. The molecule has 1 atom stereocenters. The molecule has 2 fully saturated rings. The summed E-state index contributed by atoms with van der Waals surface area (Å²) in [5.74, 6) is 0.958. The first kappa shape index (κ1) is 20.5. The van der Waals surface area contributed by atoms with Gasteiger partial charge >= 0.3 is 0 Å². The molecule has 2 N–H and O–H groups in total. The number of nitrogens with one attached hydrogen (secondary N) is 2. The second-order valence-corrected chi connectivity index (χ2v) is 7.10. The van der Waals surface area contributed by atoms with Crippen LogP contribution < -0.4 is 10.6 Å². The molecule has 6 nitrogen and oxygen atoms in total. The smallest absolute Gasteiger partial charge is 0.191 e. The highest BCUT2D eigenvalue weighted by atomic mass is 127. The lowest BCUT2D eigenvalue weighted by Crippen LogP contribution is -2.45. The lowest BCUT2D eigenvalue weighted by atomic mass is 10.2. The van der Waals surface area contributed by atoms with Gasteiger partial charge in [0, 0.05) is 51.5 Å². The number of nitrogens with zero attached hydrogens (tertiary/aromatic N) is 4. The van der Waals surface area contributed by atoms with Crippen molar-refractivity contribution in [1.82, 2.24) is 25.3 Å². The number of likely N-dealkylation sites (tertiary alicyclic amines) is 1. The van der Waals surface area contributed by atoms with Gasteiger partial charge in [0.1, 0.15) is 0 Å². The van der Waals surface area contributed by atoms with E-state index in [1.807, 2.05) is 17.9 Å². The zero-order valence-electron chi connectivity index (χ0n) is 15.6. The number of hydrogen-bond donors (Lipinski definition) is 2. The van der Waals surface area contributed by atoms with Crippen LogP contribution in [0, 0.1) is 0 Å². The fourth-order valence-electron chi connectivity index (χ4n) is 3.92. The van der Waals surface area contributed by atoms with Gasteiger partial charge in [-0.25, -0.2) is 0 Å². The minimum absolute atomic E-state index is 0. The van der Waals surface area contributed by atoms with Crippen molar-refractivity contribution < 1.29 is 0 Å². The Balaban J connectivity index is 0.00000225. The molecular formula is C18H33IN6. The molecule has 1 aliphatic carbocycles. The van der Waals surface area contributed by atoms with Crippen LogP contribution in [0.5, 0.6) is 0 Å². The molecule has 0 spiro atoms.